The van der Waals surface area contributed by atoms with Crippen molar-refractivity contribution in [1.29, 1.82) is 0 Å². The molecule has 0 aromatic heterocycles. The third kappa shape index (κ3) is 7.13. The lowest BCUT2D eigenvalue weighted by Gasteiger charge is -2.15. The Bertz CT molecular complexity index is 82.6. The average Bonchev–Trinajstić information content (AvgIpc) is 2.10. The number of rotatable bonds is 8. The van der Waals surface area contributed by atoms with Crippen LogP contribution in [-0.4, -0.2) is 15.2 Å². The van der Waals surface area contributed by atoms with Crippen LogP contribution in [0.5, 0.6) is 0 Å². The molecule has 12 heavy (non-hydrogen) atoms. The number of halogens is 1. The van der Waals surface area contributed by atoms with Crippen molar-refractivity contribution in [3.63, 3.8) is 0 Å². The van der Waals surface area contributed by atoms with E-state index in [4.69, 9.17) is 15.5 Å². The highest BCUT2D eigenvalue weighted by Gasteiger charge is 2.06. The molecule has 74 valence electrons. The van der Waals surface area contributed by atoms with Gasteiger partial charge in [0.15, 0.2) is 0 Å². The quantitative estimate of drug-likeness (QED) is 0.440. The van der Waals surface area contributed by atoms with Gasteiger partial charge in [-0.2, -0.15) is 0 Å². The molecular weight excluding hydrogens is 188 g/mol. The monoisotopic (exact) mass is 208 g/mol. The maximum atomic E-state index is 5.67. The van der Waals surface area contributed by atoms with Gasteiger partial charge in [0.25, 0.3) is 9.07 Å². The fraction of sp³-hybridized carbons (Fsp3) is 1.00. The van der Waals surface area contributed by atoms with Gasteiger partial charge in [0.2, 0.25) is 0 Å². The zero-order valence-corrected chi connectivity index (χ0v) is 10.5. The van der Waals surface area contributed by atoms with Crippen LogP contribution in [0.15, 0.2) is 0 Å². The molecule has 0 aliphatic rings. The first kappa shape index (κ1) is 12.5. The summed E-state index contributed by atoms with van der Waals surface area (Å²) in [7, 11) is -0.717. The minimum Gasteiger partial charge on any atom is -0.405 e. The van der Waals surface area contributed by atoms with E-state index in [1.165, 1.54) is 38.5 Å². The molecule has 0 amide bonds. The van der Waals surface area contributed by atoms with E-state index >= 15 is 0 Å². The summed E-state index contributed by atoms with van der Waals surface area (Å²) in [4.78, 5) is 0. The van der Waals surface area contributed by atoms with Gasteiger partial charge in [-0.05, 0) is 12.8 Å². The summed E-state index contributed by atoms with van der Waals surface area (Å²) >= 11 is 5.67. The predicted octanol–water partition coefficient (Wildman–Crippen LogP) is 2.99. The Morgan fingerprint density at radius 2 is 1.67 bits per heavy atom. The van der Waals surface area contributed by atoms with Crippen molar-refractivity contribution in [2.75, 3.05) is 0 Å². The Morgan fingerprint density at radius 1 is 1.17 bits per heavy atom. The molecule has 0 radical (unpaired) electrons. The van der Waals surface area contributed by atoms with E-state index in [0.717, 1.165) is 0 Å². The average molecular weight is 209 g/mol. The minimum absolute atomic E-state index is 0.467. The van der Waals surface area contributed by atoms with Crippen molar-refractivity contribution >= 4 is 20.2 Å². The second-order valence-corrected chi connectivity index (χ2v) is 4.39. The fourth-order valence-electron chi connectivity index (χ4n) is 1.26. The zero-order chi connectivity index (χ0) is 9.23. The molecule has 1 nitrogen and oxygen atoms in total. The lowest BCUT2D eigenvalue weighted by Crippen LogP contribution is -2.13. The van der Waals surface area contributed by atoms with E-state index in [1.54, 1.807) is 0 Å². The van der Waals surface area contributed by atoms with Gasteiger partial charge >= 0.3 is 0 Å². The van der Waals surface area contributed by atoms with E-state index in [9.17, 15) is 0 Å². The van der Waals surface area contributed by atoms with Gasteiger partial charge in [-0.3, -0.25) is 0 Å². The lowest BCUT2D eigenvalue weighted by atomic mass is 10.1. The number of hydrogen-bond acceptors (Lipinski definition) is 1. The van der Waals surface area contributed by atoms with Crippen LogP contribution in [0, 0.1) is 0 Å². The summed E-state index contributed by atoms with van der Waals surface area (Å²) in [5, 5.41) is 0. The molecule has 0 heterocycles. The summed E-state index contributed by atoms with van der Waals surface area (Å²) in [5.41, 5.74) is 0. The molecule has 0 aliphatic heterocycles. The summed E-state index contributed by atoms with van der Waals surface area (Å²) in [6.07, 6.45) is 7.95. The third-order valence-electron chi connectivity index (χ3n) is 2.06. The number of hydrogen-bond donors (Lipinski definition) is 0. The van der Waals surface area contributed by atoms with Gasteiger partial charge in [0, 0.05) is 6.10 Å². The maximum absolute atomic E-state index is 5.67. The van der Waals surface area contributed by atoms with Crippen LogP contribution in [0.1, 0.15) is 52.4 Å². The van der Waals surface area contributed by atoms with Crippen molar-refractivity contribution in [1.82, 2.24) is 0 Å². The van der Waals surface area contributed by atoms with Crippen LogP contribution in [-0.2, 0) is 4.43 Å². The van der Waals surface area contributed by atoms with Crippen molar-refractivity contribution in [2.45, 2.75) is 58.5 Å². The first-order valence-electron chi connectivity index (χ1n) is 5.02. The first-order valence-corrected chi connectivity index (χ1v) is 7.74. The third-order valence-corrected chi connectivity index (χ3v) is 3.03. The van der Waals surface area contributed by atoms with Crippen molar-refractivity contribution in [3.05, 3.63) is 0 Å². The zero-order valence-electron chi connectivity index (χ0n) is 8.31. The van der Waals surface area contributed by atoms with E-state index in [0.29, 0.717) is 6.10 Å². The smallest absolute Gasteiger partial charge is 0.258 e. The fourth-order valence-corrected chi connectivity index (χ4v) is 2.31. The van der Waals surface area contributed by atoms with Crippen LogP contribution in [0.25, 0.3) is 0 Å². The molecule has 0 aliphatic carbocycles. The lowest BCUT2D eigenvalue weighted by molar-refractivity contribution is 0.188. The Kier molecular flexibility index (Phi) is 9.93. The molecular formula is C9H21ClOSi. The van der Waals surface area contributed by atoms with E-state index in [2.05, 4.69) is 13.8 Å². The molecule has 0 N–H and O–H groups in total. The van der Waals surface area contributed by atoms with Crippen LogP contribution < -0.4 is 0 Å². The molecule has 0 aromatic carbocycles. The summed E-state index contributed by atoms with van der Waals surface area (Å²) in [6, 6.07) is 0. The normalized spacial score (nSPS) is 12.0. The van der Waals surface area contributed by atoms with Crippen LogP contribution in [0.2, 0.25) is 0 Å². The topological polar surface area (TPSA) is 9.23 Å². The Hall–Kier alpha value is 0.467. The molecule has 0 atom stereocenters. The molecule has 0 unspecified atom stereocenters. The highest BCUT2D eigenvalue weighted by Crippen LogP contribution is 2.11. The minimum atomic E-state index is -0.717. The molecule has 3 heteroatoms. The maximum Gasteiger partial charge on any atom is 0.258 e. The largest absolute Gasteiger partial charge is 0.405 e. The highest BCUT2D eigenvalue weighted by molar-refractivity contribution is 6.89. The van der Waals surface area contributed by atoms with Crippen molar-refractivity contribution in [2.24, 2.45) is 0 Å². The summed E-state index contributed by atoms with van der Waals surface area (Å²) in [6.45, 7) is 4.43. The van der Waals surface area contributed by atoms with Crippen LogP contribution >= 0.6 is 11.1 Å². The van der Waals surface area contributed by atoms with Gasteiger partial charge < -0.3 is 4.43 Å². The molecule has 0 spiro atoms. The molecule has 0 saturated heterocycles. The van der Waals surface area contributed by atoms with Gasteiger partial charge in [-0.25, -0.2) is 0 Å². The summed E-state index contributed by atoms with van der Waals surface area (Å²) in [5.74, 6) is 0. The summed E-state index contributed by atoms with van der Waals surface area (Å²) < 4.78 is 5.55. The SMILES string of the molecule is CCCCC(CCCC)O[SiH2]Cl. The Labute approximate surface area is 83.5 Å². The predicted molar refractivity (Wildman–Crippen MR) is 58.3 cm³/mol. The van der Waals surface area contributed by atoms with E-state index < -0.39 is 9.07 Å². The molecule has 0 saturated carbocycles. The highest BCUT2D eigenvalue weighted by atomic mass is 35.6. The van der Waals surface area contributed by atoms with Gasteiger partial charge in [-0.15, -0.1) is 11.1 Å². The molecule has 0 bridgehead atoms. The molecule has 0 rings (SSSR count). The van der Waals surface area contributed by atoms with Crippen molar-refractivity contribution < 1.29 is 4.43 Å². The van der Waals surface area contributed by atoms with Gasteiger partial charge in [0.05, 0.1) is 0 Å². The van der Waals surface area contributed by atoms with Crippen LogP contribution in [0.3, 0.4) is 0 Å². The van der Waals surface area contributed by atoms with Crippen molar-refractivity contribution in [3.8, 4) is 0 Å². The van der Waals surface area contributed by atoms with E-state index in [1.807, 2.05) is 0 Å². The van der Waals surface area contributed by atoms with Gasteiger partial charge in [-0.1, -0.05) is 39.5 Å². The van der Waals surface area contributed by atoms with Gasteiger partial charge in [0.1, 0.15) is 0 Å². The first-order chi connectivity index (χ1) is 5.85. The molecule has 0 aromatic rings. The number of unbranched alkanes of at least 4 members (excludes halogenated alkanes) is 2. The Balaban J connectivity index is 3.40. The second kappa shape index (κ2) is 9.55. The second-order valence-electron chi connectivity index (χ2n) is 3.18. The van der Waals surface area contributed by atoms with E-state index in [-0.39, 0.29) is 0 Å². The molecule has 0 fully saturated rings. The standard InChI is InChI=1S/C9H21ClOSi/c1-3-5-7-9(11-12-10)8-6-4-2/h9H,3-8,12H2,1-2H3. The van der Waals surface area contributed by atoms with Crippen LogP contribution in [0.4, 0.5) is 0 Å². The Morgan fingerprint density at radius 3 is 2.00 bits per heavy atom.